The lowest BCUT2D eigenvalue weighted by molar-refractivity contribution is 0.304. The van der Waals surface area contributed by atoms with E-state index in [1.54, 1.807) is 0 Å². The molecule has 0 aromatic heterocycles. The number of nitrogens with zero attached hydrogens (tertiary/aromatic N) is 1. The predicted molar refractivity (Wildman–Crippen MR) is 87.0 cm³/mol. The number of hydrogen-bond acceptors (Lipinski definition) is 2. The van der Waals surface area contributed by atoms with E-state index in [-0.39, 0.29) is 5.54 Å². The standard InChI is InChI=1S/C18H30N2/c1-5-16-8-6-7-9-17(16)14-20-11-10-15(13-20)12-19-18(2,3)4/h6-9,15,19H,5,10-14H2,1-4H3. The largest absolute Gasteiger partial charge is 0.312 e. The fourth-order valence-corrected chi connectivity index (χ4v) is 2.97. The van der Waals surface area contributed by atoms with Crippen molar-refractivity contribution in [2.75, 3.05) is 19.6 Å². The van der Waals surface area contributed by atoms with Gasteiger partial charge in [-0.15, -0.1) is 0 Å². The summed E-state index contributed by atoms with van der Waals surface area (Å²) in [6, 6.07) is 8.88. The molecule has 20 heavy (non-hydrogen) atoms. The van der Waals surface area contributed by atoms with Crippen LogP contribution in [0.25, 0.3) is 0 Å². The van der Waals surface area contributed by atoms with Gasteiger partial charge in [0.1, 0.15) is 0 Å². The van der Waals surface area contributed by atoms with E-state index in [2.05, 4.69) is 62.2 Å². The summed E-state index contributed by atoms with van der Waals surface area (Å²) in [5.74, 6) is 0.808. The maximum absolute atomic E-state index is 3.64. The Kier molecular flexibility index (Phi) is 5.22. The predicted octanol–water partition coefficient (Wildman–Crippen LogP) is 3.46. The monoisotopic (exact) mass is 274 g/mol. The first kappa shape index (κ1) is 15.5. The molecule has 1 aliphatic rings. The number of nitrogens with one attached hydrogen (secondary N) is 1. The molecule has 1 aromatic carbocycles. The van der Waals surface area contributed by atoms with Crippen LogP contribution in [-0.4, -0.2) is 30.1 Å². The van der Waals surface area contributed by atoms with Crippen molar-refractivity contribution < 1.29 is 0 Å². The quantitative estimate of drug-likeness (QED) is 0.884. The molecule has 1 fully saturated rings. The molecule has 0 spiro atoms. The van der Waals surface area contributed by atoms with Crippen molar-refractivity contribution in [2.45, 2.75) is 52.6 Å². The summed E-state index contributed by atoms with van der Waals surface area (Å²) >= 11 is 0. The molecule has 1 heterocycles. The van der Waals surface area contributed by atoms with Crippen LogP contribution >= 0.6 is 0 Å². The molecule has 0 saturated carbocycles. The van der Waals surface area contributed by atoms with E-state index in [0.717, 1.165) is 25.4 Å². The Balaban J connectivity index is 1.84. The lowest BCUT2D eigenvalue weighted by Gasteiger charge is -2.23. The van der Waals surface area contributed by atoms with E-state index >= 15 is 0 Å². The smallest absolute Gasteiger partial charge is 0.0236 e. The van der Waals surface area contributed by atoms with Crippen molar-refractivity contribution >= 4 is 0 Å². The third-order valence-corrected chi connectivity index (χ3v) is 4.18. The molecule has 1 atom stereocenters. The second-order valence-corrected chi connectivity index (χ2v) is 7.14. The number of likely N-dealkylation sites (tertiary alicyclic amines) is 1. The fraction of sp³-hybridized carbons (Fsp3) is 0.667. The van der Waals surface area contributed by atoms with Crippen LogP contribution in [0.1, 0.15) is 45.2 Å². The minimum absolute atomic E-state index is 0.238. The van der Waals surface area contributed by atoms with Crippen LogP contribution in [0.5, 0.6) is 0 Å². The maximum Gasteiger partial charge on any atom is 0.0236 e. The molecular weight excluding hydrogens is 244 g/mol. The second-order valence-electron chi connectivity index (χ2n) is 7.14. The minimum Gasteiger partial charge on any atom is -0.312 e. The van der Waals surface area contributed by atoms with Gasteiger partial charge in [0.2, 0.25) is 0 Å². The van der Waals surface area contributed by atoms with Crippen molar-refractivity contribution in [1.82, 2.24) is 10.2 Å². The number of benzene rings is 1. The van der Waals surface area contributed by atoms with Crippen LogP contribution in [0.4, 0.5) is 0 Å². The van der Waals surface area contributed by atoms with Gasteiger partial charge in [0.15, 0.2) is 0 Å². The molecule has 1 N–H and O–H groups in total. The van der Waals surface area contributed by atoms with Crippen LogP contribution in [0.3, 0.4) is 0 Å². The topological polar surface area (TPSA) is 15.3 Å². The fourth-order valence-electron chi connectivity index (χ4n) is 2.97. The van der Waals surface area contributed by atoms with Crippen molar-refractivity contribution in [2.24, 2.45) is 5.92 Å². The number of hydrogen-bond donors (Lipinski definition) is 1. The van der Waals surface area contributed by atoms with Gasteiger partial charge in [-0.1, -0.05) is 31.2 Å². The Morgan fingerprint density at radius 1 is 1.20 bits per heavy atom. The molecule has 2 rings (SSSR count). The Labute approximate surface area is 124 Å². The Morgan fingerprint density at radius 3 is 2.55 bits per heavy atom. The van der Waals surface area contributed by atoms with Gasteiger partial charge in [-0.3, -0.25) is 4.90 Å². The second kappa shape index (κ2) is 6.73. The molecular formula is C18H30N2. The van der Waals surface area contributed by atoms with Crippen LogP contribution in [0.15, 0.2) is 24.3 Å². The Morgan fingerprint density at radius 2 is 1.90 bits per heavy atom. The normalized spacial score (nSPS) is 20.5. The molecule has 0 radical (unpaired) electrons. The summed E-state index contributed by atoms with van der Waals surface area (Å²) in [5, 5.41) is 3.64. The first-order valence-electron chi connectivity index (χ1n) is 8.02. The Hall–Kier alpha value is -0.860. The van der Waals surface area contributed by atoms with E-state index in [1.807, 2.05) is 0 Å². The van der Waals surface area contributed by atoms with E-state index < -0.39 is 0 Å². The third-order valence-electron chi connectivity index (χ3n) is 4.18. The molecule has 2 heteroatoms. The van der Waals surface area contributed by atoms with Gasteiger partial charge in [0.25, 0.3) is 0 Å². The molecule has 0 bridgehead atoms. The van der Waals surface area contributed by atoms with Crippen molar-refractivity contribution in [1.29, 1.82) is 0 Å². The lowest BCUT2D eigenvalue weighted by atomic mass is 10.0. The van der Waals surface area contributed by atoms with E-state index in [9.17, 15) is 0 Å². The summed E-state index contributed by atoms with van der Waals surface area (Å²) in [6.07, 6.45) is 2.47. The van der Waals surface area contributed by atoms with Gasteiger partial charge in [-0.05, 0) is 63.7 Å². The van der Waals surface area contributed by atoms with Crippen molar-refractivity contribution in [3.63, 3.8) is 0 Å². The molecule has 0 amide bonds. The zero-order valence-electron chi connectivity index (χ0n) is 13.6. The van der Waals surface area contributed by atoms with Gasteiger partial charge >= 0.3 is 0 Å². The number of rotatable bonds is 5. The third kappa shape index (κ3) is 4.60. The summed E-state index contributed by atoms with van der Waals surface area (Å²) in [5.41, 5.74) is 3.26. The van der Waals surface area contributed by atoms with Crippen LogP contribution in [-0.2, 0) is 13.0 Å². The zero-order valence-corrected chi connectivity index (χ0v) is 13.6. The molecule has 0 aliphatic carbocycles. The van der Waals surface area contributed by atoms with E-state index in [0.29, 0.717) is 0 Å². The maximum atomic E-state index is 3.64. The zero-order chi connectivity index (χ0) is 14.6. The van der Waals surface area contributed by atoms with Gasteiger partial charge < -0.3 is 5.32 Å². The highest BCUT2D eigenvalue weighted by Crippen LogP contribution is 2.20. The highest BCUT2D eigenvalue weighted by Gasteiger charge is 2.24. The van der Waals surface area contributed by atoms with Gasteiger partial charge in [-0.2, -0.15) is 0 Å². The van der Waals surface area contributed by atoms with E-state index in [1.165, 1.54) is 30.6 Å². The average Bonchev–Trinajstić information content (AvgIpc) is 2.84. The van der Waals surface area contributed by atoms with Crippen molar-refractivity contribution in [3.8, 4) is 0 Å². The highest BCUT2D eigenvalue weighted by atomic mass is 15.1. The summed E-state index contributed by atoms with van der Waals surface area (Å²) in [6.45, 7) is 13.7. The van der Waals surface area contributed by atoms with Gasteiger partial charge in [0.05, 0.1) is 0 Å². The molecule has 1 unspecified atom stereocenters. The van der Waals surface area contributed by atoms with Crippen molar-refractivity contribution in [3.05, 3.63) is 35.4 Å². The summed E-state index contributed by atoms with van der Waals surface area (Å²) < 4.78 is 0. The molecule has 2 nitrogen and oxygen atoms in total. The summed E-state index contributed by atoms with van der Waals surface area (Å²) in [4.78, 5) is 2.61. The number of aryl methyl sites for hydroxylation is 1. The van der Waals surface area contributed by atoms with Crippen LogP contribution in [0.2, 0.25) is 0 Å². The van der Waals surface area contributed by atoms with Gasteiger partial charge in [0, 0.05) is 18.6 Å². The molecule has 1 aliphatic heterocycles. The minimum atomic E-state index is 0.238. The molecule has 112 valence electrons. The van der Waals surface area contributed by atoms with Crippen LogP contribution in [0, 0.1) is 5.92 Å². The lowest BCUT2D eigenvalue weighted by Crippen LogP contribution is -2.39. The SMILES string of the molecule is CCc1ccccc1CN1CCC(CNC(C)(C)C)C1. The van der Waals surface area contributed by atoms with Crippen LogP contribution < -0.4 is 5.32 Å². The summed E-state index contributed by atoms with van der Waals surface area (Å²) in [7, 11) is 0. The first-order valence-corrected chi connectivity index (χ1v) is 8.02. The van der Waals surface area contributed by atoms with E-state index in [4.69, 9.17) is 0 Å². The van der Waals surface area contributed by atoms with Gasteiger partial charge in [-0.25, -0.2) is 0 Å². The average molecular weight is 274 g/mol. The molecule has 1 aromatic rings. The first-order chi connectivity index (χ1) is 9.48. The highest BCUT2D eigenvalue weighted by molar-refractivity contribution is 5.27. The molecule has 1 saturated heterocycles. The Bertz CT molecular complexity index is 420.